The summed E-state index contributed by atoms with van der Waals surface area (Å²) in [7, 11) is 0. The SMILES string of the molecule is CC(NC(=O)c1ccc(C#CCN)c(F)c1)c1nccs1. The predicted molar refractivity (Wildman–Crippen MR) is 80.3 cm³/mol. The van der Waals surface area contributed by atoms with Crippen LogP contribution in [0.2, 0.25) is 0 Å². The summed E-state index contributed by atoms with van der Waals surface area (Å²) in [5.41, 5.74) is 5.71. The summed E-state index contributed by atoms with van der Waals surface area (Å²) in [6.07, 6.45) is 1.67. The Morgan fingerprint density at radius 3 is 3.00 bits per heavy atom. The van der Waals surface area contributed by atoms with Crippen molar-refractivity contribution in [1.82, 2.24) is 10.3 Å². The molecule has 0 spiro atoms. The average Bonchev–Trinajstić information content (AvgIpc) is 3.00. The van der Waals surface area contributed by atoms with Gasteiger partial charge in [-0.2, -0.15) is 0 Å². The maximum absolute atomic E-state index is 13.8. The molecule has 6 heteroatoms. The number of benzene rings is 1. The van der Waals surface area contributed by atoms with E-state index in [1.54, 1.807) is 6.20 Å². The number of nitrogens with two attached hydrogens (primary N) is 1. The predicted octanol–water partition coefficient (Wildman–Crippen LogP) is 2.08. The van der Waals surface area contributed by atoms with Gasteiger partial charge in [-0.15, -0.1) is 11.3 Å². The lowest BCUT2D eigenvalue weighted by Crippen LogP contribution is -2.26. The summed E-state index contributed by atoms with van der Waals surface area (Å²) < 4.78 is 13.8. The normalized spacial score (nSPS) is 11.4. The fourth-order valence-corrected chi connectivity index (χ4v) is 2.34. The zero-order valence-corrected chi connectivity index (χ0v) is 12.2. The number of halogens is 1. The van der Waals surface area contributed by atoms with Gasteiger partial charge in [0.2, 0.25) is 0 Å². The van der Waals surface area contributed by atoms with E-state index in [9.17, 15) is 9.18 Å². The first-order valence-electron chi connectivity index (χ1n) is 6.30. The van der Waals surface area contributed by atoms with Gasteiger partial charge in [0.15, 0.2) is 0 Å². The van der Waals surface area contributed by atoms with E-state index in [0.717, 1.165) is 5.01 Å². The zero-order chi connectivity index (χ0) is 15.2. The van der Waals surface area contributed by atoms with Gasteiger partial charge in [0.25, 0.3) is 5.91 Å². The van der Waals surface area contributed by atoms with E-state index in [0.29, 0.717) is 0 Å². The molecule has 2 aromatic rings. The second-order valence-corrected chi connectivity index (χ2v) is 5.19. The third kappa shape index (κ3) is 3.88. The number of hydrogen-bond donors (Lipinski definition) is 2. The molecule has 1 amide bonds. The molecule has 1 aromatic carbocycles. The van der Waals surface area contributed by atoms with Crippen molar-refractivity contribution in [3.05, 3.63) is 51.7 Å². The molecule has 0 saturated carbocycles. The quantitative estimate of drug-likeness (QED) is 0.853. The van der Waals surface area contributed by atoms with E-state index < -0.39 is 5.82 Å². The van der Waals surface area contributed by atoms with E-state index in [1.165, 1.54) is 29.5 Å². The molecule has 108 valence electrons. The highest BCUT2D eigenvalue weighted by molar-refractivity contribution is 7.09. The van der Waals surface area contributed by atoms with Crippen LogP contribution in [0.15, 0.2) is 29.8 Å². The average molecular weight is 303 g/mol. The molecule has 0 aliphatic rings. The number of carbonyl (C=O) groups excluding carboxylic acids is 1. The summed E-state index contributed by atoms with van der Waals surface area (Å²) in [5, 5.41) is 5.41. The van der Waals surface area contributed by atoms with Crippen LogP contribution in [0.4, 0.5) is 4.39 Å². The summed E-state index contributed by atoms with van der Waals surface area (Å²) in [4.78, 5) is 16.2. The topological polar surface area (TPSA) is 68.0 Å². The highest BCUT2D eigenvalue weighted by Crippen LogP contribution is 2.16. The summed E-state index contributed by atoms with van der Waals surface area (Å²) >= 11 is 1.45. The molecule has 1 aromatic heterocycles. The van der Waals surface area contributed by atoms with Crippen LogP contribution < -0.4 is 11.1 Å². The lowest BCUT2D eigenvalue weighted by molar-refractivity contribution is 0.0939. The first-order valence-corrected chi connectivity index (χ1v) is 7.18. The molecule has 0 aliphatic carbocycles. The second kappa shape index (κ2) is 6.97. The molecule has 0 aliphatic heterocycles. The molecule has 3 N–H and O–H groups in total. The number of hydrogen-bond acceptors (Lipinski definition) is 4. The molecular weight excluding hydrogens is 289 g/mol. The van der Waals surface area contributed by atoms with Gasteiger partial charge in [-0.25, -0.2) is 9.37 Å². The van der Waals surface area contributed by atoms with Gasteiger partial charge in [-0.3, -0.25) is 4.79 Å². The van der Waals surface area contributed by atoms with Crippen LogP contribution in [0.5, 0.6) is 0 Å². The largest absolute Gasteiger partial charge is 0.343 e. The number of amides is 1. The molecular formula is C15H14FN3OS. The number of nitrogens with zero attached hydrogens (tertiary/aromatic N) is 1. The standard InChI is InChI=1S/C15H14FN3OS/c1-10(15-18-7-8-21-15)19-14(20)12-5-4-11(3-2-6-17)13(16)9-12/h4-5,7-10H,6,17H2,1H3,(H,19,20). The van der Waals surface area contributed by atoms with Crippen molar-refractivity contribution in [3.63, 3.8) is 0 Å². The Hall–Kier alpha value is -2.23. The number of carbonyl (C=O) groups is 1. The lowest BCUT2D eigenvalue weighted by atomic mass is 10.1. The maximum Gasteiger partial charge on any atom is 0.251 e. The molecule has 0 saturated heterocycles. The third-order valence-electron chi connectivity index (χ3n) is 2.73. The van der Waals surface area contributed by atoms with Crippen molar-refractivity contribution in [3.8, 4) is 11.8 Å². The molecule has 21 heavy (non-hydrogen) atoms. The lowest BCUT2D eigenvalue weighted by Gasteiger charge is -2.11. The first-order chi connectivity index (χ1) is 10.1. The van der Waals surface area contributed by atoms with Crippen molar-refractivity contribution < 1.29 is 9.18 Å². The van der Waals surface area contributed by atoms with Gasteiger partial charge in [-0.1, -0.05) is 11.8 Å². The first kappa shape index (κ1) is 15.2. The minimum Gasteiger partial charge on any atom is -0.343 e. The summed E-state index contributed by atoms with van der Waals surface area (Å²) in [6.45, 7) is 1.99. The second-order valence-electron chi connectivity index (χ2n) is 4.27. The molecule has 2 rings (SSSR count). The summed E-state index contributed by atoms with van der Waals surface area (Å²) in [5.74, 6) is 4.30. The van der Waals surface area contributed by atoms with E-state index in [2.05, 4.69) is 22.1 Å². The van der Waals surface area contributed by atoms with Gasteiger partial charge >= 0.3 is 0 Å². The molecule has 1 heterocycles. The van der Waals surface area contributed by atoms with Crippen LogP contribution in [0.25, 0.3) is 0 Å². The molecule has 4 nitrogen and oxygen atoms in total. The van der Waals surface area contributed by atoms with Crippen LogP contribution in [-0.2, 0) is 0 Å². The van der Waals surface area contributed by atoms with Gasteiger partial charge in [0.05, 0.1) is 18.2 Å². The Kier molecular flexibility index (Phi) is 5.04. The van der Waals surface area contributed by atoms with Gasteiger partial charge < -0.3 is 11.1 Å². The van der Waals surface area contributed by atoms with E-state index in [-0.39, 0.29) is 29.6 Å². The number of rotatable bonds is 3. The minimum atomic E-state index is -0.537. The number of nitrogens with one attached hydrogen (secondary N) is 1. The van der Waals surface area contributed by atoms with E-state index in [4.69, 9.17) is 5.73 Å². The highest BCUT2D eigenvalue weighted by atomic mass is 32.1. The smallest absolute Gasteiger partial charge is 0.251 e. The van der Waals surface area contributed by atoms with Crippen molar-refractivity contribution in [1.29, 1.82) is 0 Å². The van der Waals surface area contributed by atoms with Crippen molar-refractivity contribution in [2.75, 3.05) is 6.54 Å². The Morgan fingerprint density at radius 2 is 2.38 bits per heavy atom. The fraction of sp³-hybridized carbons (Fsp3) is 0.200. The Labute approximate surface area is 126 Å². The van der Waals surface area contributed by atoms with E-state index >= 15 is 0 Å². The summed E-state index contributed by atoms with van der Waals surface area (Å²) in [6, 6.07) is 3.95. The van der Waals surface area contributed by atoms with Crippen molar-refractivity contribution >= 4 is 17.2 Å². The van der Waals surface area contributed by atoms with Crippen LogP contribution in [-0.4, -0.2) is 17.4 Å². The number of thiazole rings is 1. The Bertz CT molecular complexity index is 689. The highest BCUT2D eigenvalue weighted by Gasteiger charge is 2.14. The third-order valence-corrected chi connectivity index (χ3v) is 3.68. The van der Waals surface area contributed by atoms with Gasteiger partial charge in [-0.05, 0) is 25.1 Å². The number of aromatic nitrogens is 1. The van der Waals surface area contributed by atoms with Crippen molar-refractivity contribution in [2.24, 2.45) is 5.73 Å². The van der Waals surface area contributed by atoms with Gasteiger partial charge in [0, 0.05) is 17.1 Å². The zero-order valence-electron chi connectivity index (χ0n) is 11.4. The van der Waals surface area contributed by atoms with Gasteiger partial charge in [0.1, 0.15) is 10.8 Å². The van der Waals surface area contributed by atoms with Crippen LogP contribution in [0, 0.1) is 17.7 Å². The Balaban J connectivity index is 2.11. The van der Waals surface area contributed by atoms with Crippen LogP contribution in [0.1, 0.15) is 33.9 Å². The Morgan fingerprint density at radius 1 is 1.57 bits per heavy atom. The maximum atomic E-state index is 13.8. The van der Waals surface area contributed by atoms with Crippen LogP contribution in [0.3, 0.4) is 0 Å². The molecule has 1 atom stereocenters. The van der Waals surface area contributed by atoms with E-state index in [1.807, 2.05) is 12.3 Å². The minimum absolute atomic E-state index is 0.160. The van der Waals surface area contributed by atoms with Crippen molar-refractivity contribution in [2.45, 2.75) is 13.0 Å². The molecule has 1 unspecified atom stereocenters. The molecule has 0 radical (unpaired) electrons. The van der Waals surface area contributed by atoms with Crippen LogP contribution >= 0.6 is 11.3 Å². The molecule has 0 bridgehead atoms. The monoisotopic (exact) mass is 303 g/mol. The molecule has 0 fully saturated rings. The fourth-order valence-electron chi connectivity index (χ4n) is 1.69.